The van der Waals surface area contributed by atoms with E-state index in [0.717, 1.165) is 22.4 Å². The zero-order chi connectivity index (χ0) is 47.5. The number of benzene rings is 4. The van der Waals surface area contributed by atoms with Gasteiger partial charge in [-0.25, -0.2) is 14.8 Å². The van der Waals surface area contributed by atoms with Gasteiger partial charge in [0.1, 0.15) is 65.2 Å². The van der Waals surface area contributed by atoms with Gasteiger partial charge in [0.15, 0.2) is 23.2 Å². The van der Waals surface area contributed by atoms with Crippen LogP contribution >= 0.6 is 0 Å². The van der Waals surface area contributed by atoms with E-state index in [1.807, 2.05) is 31.2 Å². The molecule has 4 aliphatic heterocycles. The number of carboxylic acid groups (broad SMARTS) is 1. The van der Waals surface area contributed by atoms with Crippen LogP contribution in [0.1, 0.15) is 59.3 Å². The van der Waals surface area contributed by atoms with E-state index >= 15 is 0 Å². The zero-order valence-electron chi connectivity index (χ0n) is 36.7. The number of ether oxygens (including phenoxy) is 5. The Kier molecular flexibility index (Phi) is 11.4. The summed E-state index contributed by atoms with van der Waals surface area (Å²) in [5, 5.41) is 91.0. The van der Waals surface area contributed by atoms with Crippen molar-refractivity contribution >= 4 is 35.3 Å². The predicted molar refractivity (Wildman–Crippen MR) is 247 cm³/mol. The van der Waals surface area contributed by atoms with E-state index in [2.05, 4.69) is 15.0 Å². The third-order valence-electron chi connectivity index (χ3n) is 13.4. The topological polar surface area (TPSA) is 266 Å². The Balaban J connectivity index is 1.04. The second kappa shape index (κ2) is 17.4. The molecular weight excluding hydrogens is 877 g/mol. The van der Waals surface area contributed by atoms with Crippen molar-refractivity contribution in [1.29, 1.82) is 5.41 Å². The number of carboxylic acids is 1. The van der Waals surface area contributed by atoms with Crippen LogP contribution in [-0.4, -0.2) is 108 Å². The van der Waals surface area contributed by atoms with Gasteiger partial charge >= 0.3 is 5.97 Å². The summed E-state index contributed by atoms with van der Waals surface area (Å²) < 4.78 is 31.2. The number of rotatable bonds is 13. The molecule has 0 amide bonds. The maximum atomic E-state index is 13.3. The highest BCUT2D eigenvalue weighted by Crippen LogP contribution is 2.57. The van der Waals surface area contributed by atoms with E-state index in [1.54, 1.807) is 48.6 Å². The number of phenols is 2. The highest BCUT2D eigenvalue weighted by Gasteiger charge is 2.73. The molecule has 8 N–H and O–H groups in total. The van der Waals surface area contributed by atoms with Crippen molar-refractivity contribution in [1.82, 2.24) is 0 Å². The Morgan fingerprint density at radius 3 is 2.46 bits per heavy atom. The summed E-state index contributed by atoms with van der Waals surface area (Å²) in [6, 6.07) is 20.7. The van der Waals surface area contributed by atoms with Gasteiger partial charge in [0.25, 0.3) is 0 Å². The minimum absolute atomic E-state index is 0.0130. The first-order valence-electron chi connectivity index (χ1n) is 22.3. The highest BCUT2D eigenvalue weighted by molar-refractivity contribution is 6.14. The van der Waals surface area contributed by atoms with Gasteiger partial charge < -0.3 is 59.4 Å². The van der Waals surface area contributed by atoms with E-state index in [-0.39, 0.29) is 71.7 Å². The number of fused-ring (bicyclic) bond motifs is 5. The van der Waals surface area contributed by atoms with Gasteiger partial charge in [0.2, 0.25) is 12.0 Å². The van der Waals surface area contributed by atoms with E-state index in [1.165, 1.54) is 24.5 Å². The maximum absolute atomic E-state index is 13.3. The fourth-order valence-electron chi connectivity index (χ4n) is 10.2. The van der Waals surface area contributed by atoms with Gasteiger partial charge in [-0.15, -0.1) is 0 Å². The summed E-state index contributed by atoms with van der Waals surface area (Å²) in [5.41, 5.74) is -0.0282. The van der Waals surface area contributed by atoms with Gasteiger partial charge in [-0.3, -0.25) is 10.4 Å². The number of aliphatic imine (C=N–C) groups is 3. The molecule has 4 aromatic rings. The second-order valence-electron chi connectivity index (χ2n) is 17.5. The molecular formula is C51H48N4O13. The van der Waals surface area contributed by atoms with Crippen LogP contribution in [0.25, 0.3) is 5.76 Å². The third kappa shape index (κ3) is 7.66. The molecule has 17 nitrogen and oxygen atoms in total. The number of allylic oxidation sites excluding steroid dienone is 1. The molecule has 2 aliphatic carbocycles. The monoisotopic (exact) mass is 924 g/mol. The molecule has 0 saturated carbocycles. The molecule has 7 atom stereocenters. The van der Waals surface area contributed by atoms with E-state index in [4.69, 9.17) is 29.1 Å². The number of aryl methyl sites for hydroxylation is 2. The number of aliphatic carboxylic acids is 1. The number of amidine groups is 1. The van der Waals surface area contributed by atoms with Crippen molar-refractivity contribution in [3.05, 3.63) is 136 Å². The van der Waals surface area contributed by atoms with Crippen molar-refractivity contribution in [3.63, 3.8) is 0 Å². The fraction of sp³-hybridized carbons (Fsp3) is 0.314. The maximum Gasteiger partial charge on any atom is 0.336 e. The molecule has 2 bridgehead atoms. The van der Waals surface area contributed by atoms with Crippen molar-refractivity contribution in [2.24, 2.45) is 20.9 Å². The Morgan fingerprint density at radius 1 is 0.956 bits per heavy atom. The number of phenolic OH excluding ortho intramolecular Hbond substituents is 2. The van der Waals surface area contributed by atoms with Crippen LogP contribution in [0.2, 0.25) is 0 Å². The molecule has 17 heteroatoms. The third-order valence-corrected chi connectivity index (χ3v) is 13.4. The lowest BCUT2D eigenvalue weighted by Crippen LogP contribution is -2.80. The van der Waals surface area contributed by atoms with E-state index in [9.17, 15) is 40.5 Å². The van der Waals surface area contributed by atoms with Crippen molar-refractivity contribution in [2.45, 2.75) is 81.4 Å². The van der Waals surface area contributed by atoms with E-state index in [0.29, 0.717) is 54.0 Å². The minimum atomic E-state index is -2.69. The largest absolute Gasteiger partial charge is 0.508 e. The SMILES string of the molecule is CCc1cc(O)cc(COc2c(OC3OC(C(=O)O)C4(O)C(C5=NC=NC5)C5=C(CCc6ccccc6C5)C3(O)C4O)cc3c(c2O)C(O)=CC(c2ccc(OCCC4=NC(=N)C=C4)cc2)O3)c1. The molecule has 350 valence electrons. The first-order valence-corrected chi connectivity index (χ1v) is 22.3. The molecule has 10 rings (SSSR count). The summed E-state index contributed by atoms with van der Waals surface area (Å²) in [4.78, 5) is 26.0. The van der Waals surface area contributed by atoms with E-state index < -0.39 is 53.4 Å². The van der Waals surface area contributed by atoms with Gasteiger partial charge in [0, 0.05) is 24.3 Å². The molecule has 4 aromatic carbocycles. The number of hydrogen-bond donors (Lipinski definition) is 8. The standard InChI is InChI=1S/C51H48N4O13/c1-2-26-17-27(19-32(56)18-26)24-65-45-40(22-39-42(44(45)58)37(57)21-38(66-39)29-7-11-33(12-8-29)64-16-15-31-10-14-41(52)55-31)67-49-50(62)35-13-9-28-5-3-4-6-30(28)20-34(35)43(36-23-53-25-54-36)51(63,48(50)61)46(68-49)47(59)60/h3-8,10-12,14,17-19,21-22,25,38,43,46,48-49,52,56-58,61-63H,2,9,13,15-16,20,23-24H2,1H3,(H,59,60). The van der Waals surface area contributed by atoms with Gasteiger partial charge in [-0.1, -0.05) is 55.0 Å². The predicted octanol–water partition coefficient (Wildman–Crippen LogP) is 5.64. The highest BCUT2D eigenvalue weighted by atomic mass is 16.7. The first kappa shape index (κ1) is 44.5. The molecule has 7 unspecified atom stereocenters. The number of hydrogen-bond acceptors (Lipinski definition) is 15. The zero-order valence-corrected chi connectivity index (χ0v) is 36.7. The molecule has 0 aromatic heterocycles. The summed E-state index contributed by atoms with van der Waals surface area (Å²) >= 11 is 0. The van der Waals surface area contributed by atoms with Crippen LogP contribution in [0.15, 0.2) is 117 Å². The van der Waals surface area contributed by atoms with Crippen LogP contribution in [0.3, 0.4) is 0 Å². The normalized spacial score (nSPS) is 26.7. The molecule has 1 fully saturated rings. The quantitative estimate of drug-likeness (QED) is 0.0756. The van der Waals surface area contributed by atoms with Crippen molar-refractivity contribution in [2.75, 3.05) is 13.2 Å². The first-order chi connectivity index (χ1) is 32.8. The summed E-state index contributed by atoms with van der Waals surface area (Å²) in [7, 11) is 0. The molecule has 0 radical (unpaired) electrons. The smallest absolute Gasteiger partial charge is 0.336 e. The average Bonchev–Trinajstić information content (AvgIpc) is 3.96. The lowest BCUT2D eigenvalue weighted by Gasteiger charge is -2.59. The lowest BCUT2D eigenvalue weighted by molar-refractivity contribution is -0.342. The van der Waals surface area contributed by atoms with Crippen molar-refractivity contribution < 1.29 is 64.2 Å². The van der Waals surface area contributed by atoms with Crippen LogP contribution in [0.5, 0.6) is 34.5 Å². The number of aliphatic hydroxyl groups is 4. The Hall–Kier alpha value is -7.31. The van der Waals surface area contributed by atoms with Crippen LogP contribution in [0.4, 0.5) is 0 Å². The number of carbonyl (C=O) groups is 1. The Bertz CT molecular complexity index is 2920. The molecule has 1 saturated heterocycles. The van der Waals surface area contributed by atoms with Crippen LogP contribution in [-0.2, 0) is 35.4 Å². The van der Waals surface area contributed by atoms with Crippen molar-refractivity contribution in [3.8, 4) is 34.5 Å². The van der Waals surface area contributed by atoms with Gasteiger partial charge in [-0.05, 0) is 95.5 Å². The number of aromatic hydroxyl groups is 2. The van der Waals surface area contributed by atoms with Gasteiger partial charge in [-0.2, -0.15) is 0 Å². The number of nitrogens with zero attached hydrogens (tertiary/aromatic N) is 3. The number of aliphatic hydroxyl groups excluding tert-OH is 2. The van der Waals surface area contributed by atoms with Gasteiger partial charge in [0.05, 0.1) is 24.8 Å². The molecule has 0 spiro atoms. The molecule has 6 aliphatic rings. The number of nitrogens with one attached hydrogen (secondary N) is 1. The minimum Gasteiger partial charge on any atom is -0.508 e. The van der Waals surface area contributed by atoms with Crippen LogP contribution < -0.4 is 18.9 Å². The van der Waals surface area contributed by atoms with Crippen LogP contribution in [0, 0.1) is 11.3 Å². The summed E-state index contributed by atoms with van der Waals surface area (Å²) in [5.74, 6) is -4.03. The molecule has 68 heavy (non-hydrogen) atoms. The Morgan fingerprint density at radius 2 is 1.74 bits per heavy atom. The fourth-order valence-corrected chi connectivity index (χ4v) is 10.2. The Labute approximate surface area is 389 Å². The lowest BCUT2D eigenvalue weighted by atomic mass is 9.57. The summed E-state index contributed by atoms with van der Waals surface area (Å²) in [6.45, 7) is 1.99. The summed E-state index contributed by atoms with van der Waals surface area (Å²) in [6.07, 6.45) is 0.452. The molecule has 4 heterocycles. The average molecular weight is 925 g/mol. The second-order valence-corrected chi connectivity index (χ2v) is 17.5.